The molecule has 46 heavy (non-hydrogen) atoms. The molecule has 1 aromatic rings. The van der Waals surface area contributed by atoms with Crippen LogP contribution in [-0.2, 0) is 0 Å². The Labute approximate surface area is 286 Å². The van der Waals surface area contributed by atoms with Crippen molar-refractivity contribution in [3.63, 3.8) is 0 Å². The van der Waals surface area contributed by atoms with Gasteiger partial charge in [-0.25, -0.2) is 0 Å². The molecular weight excluding hydrogens is 555 g/mol. The highest BCUT2D eigenvalue weighted by Gasteiger charge is 2.29. The number of unbranched alkanes of at least 4 members (excludes halogenated alkanes) is 4. The van der Waals surface area contributed by atoms with Gasteiger partial charge in [-0.3, -0.25) is 0 Å². The van der Waals surface area contributed by atoms with Crippen molar-refractivity contribution in [2.24, 2.45) is 11.3 Å². The largest absolute Gasteiger partial charge is 0.378 e. The molecule has 0 aromatic heterocycles. The van der Waals surface area contributed by atoms with Gasteiger partial charge < -0.3 is 5.32 Å². The third-order valence-corrected chi connectivity index (χ3v) is 9.28. The van der Waals surface area contributed by atoms with E-state index in [0.717, 1.165) is 36.5 Å². The maximum atomic E-state index is 4.45. The van der Waals surface area contributed by atoms with Crippen molar-refractivity contribution in [3.8, 4) is 0 Å². The molecule has 0 amide bonds. The molecule has 1 nitrogen and oxygen atoms in total. The lowest BCUT2D eigenvalue weighted by Gasteiger charge is -2.35. The zero-order valence-electron chi connectivity index (χ0n) is 31.5. The van der Waals surface area contributed by atoms with E-state index in [2.05, 4.69) is 130 Å². The lowest BCUT2D eigenvalue weighted by atomic mass is 9.70. The summed E-state index contributed by atoms with van der Waals surface area (Å²) in [5, 5.41) is 3.76. The number of benzene rings is 1. The van der Waals surface area contributed by atoms with E-state index in [-0.39, 0.29) is 6.04 Å². The van der Waals surface area contributed by atoms with Crippen LogP contribution in [0.2, 0.25) is 0 Å². The van der Waals surface area contributed by atoms with E-state index >= 15 is 0 Å². The standard InChI is InChI=1S/C35H47N.C7H16.C3H6/c1-10-13-34(29-17-15-28(16-18-29)27(11-2)12-3)36-26(6)32-20-25(5)30(22-32)21-31-23-33(35(7,8)9)19-14-24(31)4;1-3-5-7-6-4-2;1-3-2/h11-12,15-18,21-22,33-34,36H,2,5-6,10,13-14,19-20,23H2,1,3-4,7-9H3;3-7H2,1-2H3;3H,1H2,2H3/b27-12+,30-21-;;/t33?,34-;;/m1../s1. The summed E-state index contributed by atoms with van der Waals surface area (Å²) in [7, 11) is 0. The minimum absolute atomic E-state index is 0.243. The zero-order chi connectivity index (χ0) is 34.7. The summed E-state index contributed by atoms with van der Waals surface area (Å²) >= 11 is 0. The van der Waals surface area contributed by atoms with Gasteiger partial charge >= 0.3 is 0 Å². The molecule has 254 valence electrons. The summed E-state index contributed by atoms with van der Waals surface area (Å²) in [4.78, 5) is 0. The monoisotopic (exact) mass is 624 g/mol. The van der Waals surface area contributed by atoms with Gasteiger partial charge in [-0.1, -0.05) is 154 Å². The Balaban J connectivity index is 0.000000920. The summed E-state index contributed by atoms with van der Waals surface area (Å²) in [6, 6.07) is 9.11. The molecule has 2 aliphatic rings. The molecule has 0 fully saturated rings. The molecule has 2 atom stereocenters. The maximum Gasteiger partial charge on any atom is 0.0513 e. The van der Waals surface area contributed by atoms with E-state index in [9.17, 15) is 0 Å². The van der Waals surface area contributed by atoms with Crippen molar-refractivity contribution in [2.45, 2.75) is 139 Å². The topological polar surface area (TPSA) is 12.0 Å². The molecule has 0 aliphatic heterocycles. The normalized spacial score (nSPS) is 18.2. The highest BCUT2D eigenvalue weighted by atomic mass is 14.9. The molecule has 1 N–H and O–H groups in total. The summed E-state index contributed by atoms with van der Waals surface area (Å²) in [5.41, 5.74) is 11.8. The smallest absolute Gasteiger partial charge is 0.0513 e. The molecule has 0 bridgehead atoms. The Morgan fingerprint density at radius 3 is 2.09 bits per heavy atom. The number of allylic oxidation sites excluding steroid dienone is 11. The van der Waals surface area contributed by atoms with Gasteiger partial charge in [0, 0.05) is 5.70 Å². The van der Waals surface area contributed by atoms with Crippen LogP contribution >= 0.6 is 0 Å². The lowest BCUT2D eigenvalue weighted by molar-refractivity contribution is 0.217. The highest BCUT2D eigenvalue weighted by Crippen LogP contribution is 2.42. The lowest BCUT2D eigenvalue weighted by Crippen LogP contribution is -2.23. The van der Waals surface area contributed by atoms with Gasteiger partial charge in [-0.2, -0.15) is 0 Å². The van der Waals surface area contributed by atoms with Gasteiger partial charge in [0.25, 0.3) is 0 Å². The SMILES string of the molecule is C=C/C(=C\C)c1ccc([C@@H](CCC)NC(=C)C2=C/C(=C/C3=C(C)CCC(C(C)(C)C)C3)C(=C)C2)cc1.C=CC.CCCCCCC. The highest BCUT2D eigenvalue weighted by molar-refractivity contribution is 5.73. The summed E-state index contributed by atoms with van der Waals surface area (Å²) in [6.07, 6.45) is 24.2. The quantitative estimate of drug-likeness (QED) is 0.131. The number of nitrogens with one attached hydrogen (secondary N) is 1. The Morgan fingerprint density at radius 2 is 1.59 bits per heavy atom. The van der Waals surface area contributed by atoms with E-state index in [1.807, 2.05) is 13.0 Å². The number of hydrogen-bond donors (Lipinski definition) is 1. The fraction of sp³-hybridized carbons (Fsp3) is 0.511. The molecule has 0 heterocycles. The van der Waals surface area contributed by atoms with Gasteiger partial charge in [0.05, 0.1) is 6.04 Å². The van der Waals surface area contributed by atoms with Crippen molar-refractivity contribution < 1.29 is 0 Å². The molecule has 1 aromatic carbocycles. The molecule has 1 heteroatoms. The van der Waals surface area contributed by atoms with E-state index in [4.69, 9.17) is 0 Å². The number of rotatable bonds is 13. The summed E-state index contributed by atoms with van der Waals surface area (Å²) < 4.78 is 0. The molecule has 2 aliphatic carbocycles. The van der Waals surface area contributed by atoms with Crippen molar-refractivity contribution in [2.75, 3.05) is 0 Å². The first-order chi connectivity index (χ1) is 21.9. The Bertz CT molecular complexity index is 1230. The van der Waals surface area contributed by atoms with Crippen LogP contribution in [0.15, 0.2) is 115 Å². The van der Waals surface area contributed by atoms with E-state index in [1.165, 1.54) is 84.8 Å². The van der Waals surface area contributed by atoms with Gasteiger partial charge in [-0.05, 0) is 109 Å². The van der Waals surface area contributed by atoms with Crippen LogP contribution in [0.25, 0.3) is 5.57 Å². The van der Waals surface area contributed by atoms with Gasteiger partial charge in [0.15, 0.2) is 0 Å². The van der Waals surface area contributed by atoms with Crippen LogP contribution in [-0.4, -0.2) is 0 Å². The molecule has 1 unspecified atom stereocenters. The third-order valence-electron chi connectivity index (χ3n) is 9.28. The predicted octanol–water partition coefficient (Wildman–Crippen LogP) is 14.4. The minimum atomic E-state index is 0.243. The Morgan fingerprint density at radius 1 is 0.978 bits per heavy atom. The molecule has 3 rings (SSSR count). The van der Waals surface area contributed by atoms with Crippen LogP contribution in [0.3, 0.4) is 0 Å². The zero-order valence-corrected chi connectivity index (χ0v) is 31.5. The average Bonchev–Trinajstić information content (AvgIpc) is 3.39. The van der Waals surface area contributed by atoms with Crippen molar-refractivity contribution >= 4 is 5.57 Å². The first-order valence-electron chi connectivity index (χ1n) is 18.1. The van der Waals surface area contributed by atoms with Gasteiger partial charge in [0.1, 0.15) is 0 Å². The second kappa shape index (κ2) is 21.7. The van der Waals surface area contributed by atoms with Crippen molar-refractivity contribution in [1.29, 1.82) is 0 Å². The Kier molecular flexibility index (Phi) is 19.3. The van der Waals surface area contributed by atoms with Crippen LogP contribution in [0.1, 0.15) is 150 Å². The maximum absolute atomic E-state index is 4.45. The fourth-order valence-electron chi connectivity index (χ4n) is 6.11. The van der Waals surface area contributed by atoms with Crippen LogP contribution in [0.5, 0.6) is 0 Å². The van der Waals surface area contributed by atoms with Crippen LogP contribution in [0, 0.1) is 11.3 Å². The van der Waals surface area contributed by atoms with E-state index in [0.29, 0.717) is 5.41 Å². The predicted molar refractivity (Wildman–Crippen MR) is 210 cm³/mol. The summed E-state index contributed by atoms with van der Waals surface area (Å²) in [5.74, 6) is 0.736. The second-order valence-corrected chi connectivity index (χ2v) is 14.2. The average molecular weight is 624 g/mol. The second-order valence-electron chi connectivity index (χ2n) is 14.2. The van der Waals surface area contributed by atoms with Gasteiger partial charge in [-0.15, -0.1) is 6.58 Å². The molecule has 0 saturated heterocycles. The third kappa shape index (κ3) is 13.7. The molecule has 0 radical (unpaired) electrons. The van der Waals surface area contributed by atoms with E-state index < -0.39 is 0 Å². The van der Waals surface area contributed by atoms with Gasteiger partial charge in [0.2, 0.25) is 0 Å². The Hall–Kier alpha value is -3.06. The fourth-order valence-corrected chi connectivity index (χ4v) is 6.11. The molecular formula is C45H69N. The molecule has 0 saturated carbocycles. The molecule has 0 spiro atoms. The first kappa shape index (κ1) is 41.0. The van der Waals surface area contributed by atoms with Crippen LogP contribution < -0.4 is 5.32 Å². The van der Waals surface area contributed by atoms with Crippen molar-refractivity contribution in [3.05, 3.63) is 126 Å². The summed E-state index contributed by atoms with van der Waals surface area (Å²) in [6.45, 7) is 36.3. The minimum Gasteiger partial charge on any atom is -0.378 e. The van der Waals surface area contributed by atoms with Crippen LogP contribution in [0.4, 0.5) is 0 Å². The van der Waals surface area contributed by atoms with E-state index in [1.54, 1.807) is 11.6 Å². The first-order valence-corrected chi connectivity index (χ1v) is 18.1. The number of hydrogen-bond acceptors (Lipinski definition) is 1. The van der Waals surface area contributed by atoms with Crippen molar-refractivity contribution in [1.82, 2.24) is 5.32 Å².